The van der Waals surface area contributed by atoms with Crippen LogP contribution in [-0.2, 0) is 0 Å². The number of thioether (sulfide) groups is 1. The number of hydrogen-bond acceptors (Lipinski definition) is 3. The van der Waals surface area contributed by atoms with Crippen molar-refractivity contribution < 1.29 is 4.39 Å². The van der Waals surface area contributed by atoms with Gasteiger partial charge < -0.3 is 10.6 Å². The number of anilines is 2. The van der Waals surface area contributed by atoms with Crippen LogP contribution in [0.1, 0.15) is 13.8 Å². The molecule has 1 aliphatic rings. The van der Waals surface area contributed by atoms with Crippen LogP contribution in [0.15, 0.2) is 12.1 Å². The molecule has 1 aromatic rings. The molecule has 0 bridgehead atoms. The van der Waals surface area contributed by atoms with E-state index in [9.17, 15) is 4.39 Å². The minimum absolute atomic E-state index is 0.187. The molecule has 0 aromatic heterocycles. The standard InChI is InChI=1S/C12H16FIN2S/c1-7-5-16(6-8(2)17-7)12-3-9(13)10(14)4-11(12)15/h3-4,7-8H,5-6,15H2,1-2H3. The molecule has 0 aliphatic carbocycles. The lowest BCUT2D eigenvalue weighted by molar-refractivity contribution is 0.618. The van der Waals surface area contributed by atoms with Gasteiger partial charge in [-0.05, 0) is 28.7 Å². The van der Waals surface area contributed by atoms with Gasteiger partial charge in [-0.1, -0.05) is 13.8 Å². The Hall–Kier alpha value is -0.170. The molecule has 0 amide bonds. The van der Waals surface area contributed by atoms with E-state index in [2.05, 4.69) is 18.7 Å². The SMILES string of the molecule is CC1CN(c2cc(F)c(I)cc2N)CC(C)S1. The third-order valence-corrected chi connectivity index (χ3v) is 4.88. The maximum atomic E-state index is 13.6. The molecule has 5 heteroatoms. The van der Waals surface area contributed by atoms with Crippen LogP contribution in [0, 0.1) is 9.39 Å². The topological polar surface area (TPSA) is 29.3 Å². The maximum absolute atomic E-state index is 13.6. The Labute approximate surface area is 119 Å². The van der Waals surface area contributed by atoms with Gasteiger partial charge in [0.25, 0.3) is 0 Å². The van der Waals surface area contributed by atoms with Crippen molar-refractivity contribution in [3.63, 3.8) is 0 Å². The van der Waals surface area contributed by atoms with Crippen LogP contribution in [0.25, 0.3) is 0 Å². The number of nitrogen functional groups attached to an aromatic ring is 1. The fraction of sp³-hybridized carbons (Fsp3) is 0.500. The highest BCUT2D eigenvalue weighted by molar-refractivity contribution is 14.1. The molecule has 1 aromatic carbocycles. The molecule has 1 aliphatic heterocycles. The molecule has 0 saturated carbocycles. The van der Waals surface area contributed by atoms with Crippen LogP contribution in [0.2, 0.25) is 0 Å². The summed E-state index contributed by atoms with van der Waals surface area (Å²) in [6.07, 6.45) is 0. The average molecular weight is 366 g/mol. The number of rotatable bonds is 1. The first kappa shape index (κ1) is 13.3. The Morgan fingerprint density at radius 3 is 2.53 bits per heavy atom. The Balaban J connectivity index is 2.30. The number of benzene rings is 1. The van der Waals surface area contributed by atoms with Crippen molar-refractivity contribution in [1.29, 1.82) is 0 Å². The van der Waals surface area contributed by atoms with Crippen molar-refractivity contribution in [1.82, 2.24) is 0 Å². The fourth-order valence-electron chi connectivity index (χ4n) is 2.20. The summed E-state index contributed by atoms with van der Waals surface area (Å²) in [6, 6.07) is 3.27. The largest absolute Gasteiger partial charge is 0.397 e. The molecular formula is C12H16FIN2S. The lowest BCUT2D eigenvalue weighted by Crippen LogP contribution is -2.40. The van der Waals surface area contributed by atoms with E-state index >= 15 is 0 Å². The predicted molar refractivity (Wildman–Crippen MR) is 82.3 cm³/mol. The van der Waals surface area contributed by atoms with Crippen LogP contribution in [-0.4, -0.2) is 23.6 Å². The Bertz CT molecular complexity index is 417. The number of hydrogen-bond donors (Lipinski definition) is 1. The summed E-state index contributed by atoms with van der Waals surface area (Å²) in [6.45, 7) is 6.26. The molecular weight excluding hydrogens is 350 g/mol. The highest BCUT2D eigenvalue weighted by Crippen LogP contribution is 2.33. The summed E-state index contributed by atoms with van der Waals surface area (Å²) in [5.74, 6) is -0.187. The third kappa shape index (κ3) is 2.99. The molecule has 2 nitrogen and oxygen atoms in total. The molecule has 0 radical (unpaired) electrons. The van der Waals surface area contributed by atoms with Crippen molar-refractivity contribution in [3.8, 4) is 0 Å². The van der Waals surface area contributed by atoms with E-state index in [0.717, 1.165) is 18.8 Å². The second kappa shape index (κ2) is 5.22. The van der Waals surface area contributed by atoms with E-state index < -0.39 is 0 Å². The van der Waals surface area contributed by atoms with Crippen molar-refractivity contribution in [2.24, 2.45) is 0 Å². The molecule has 17 heavy (non-hydrogen) atoms. The van der Waals surface area contributed by atoms with Gasteiger partial charge in [-0.3, -0.25) is 0 Å². The van der Waals surface area contributed by atoms with Crippen molar-refractivity contribution >= 4 is 45.7 Å². The van der Waals surface area contributed by atoms with E-state index in [1.165, 1.54) is 0 Å². The first-order chi connectivity index (χ1) is 7.97. The minimum Gasteiger partial charge on any atom is -0.397 e. The average Bonchev–Trinajstić information content (AvgIpc) is 2.22. The highest BCUT2D eigenvalue weighted by atomic mass is 127. The van der Waals surface area contributed by atoms with Gasteiger partial charge in [-0.15, -0.1) is 0 Å². The molecule has 1 heterocycles. The van der Waals surface area contributed by atoms with Gasteiger partial charge in [0.2, 0.25) is 0 Å². The Morgan fingerprint density at radius 2 is 1.94 bits per heavy atom. The zero-order chi connectivity index (χ0) is 12.6. The second-order valence-electron chi connectivity index (χ2n) is 4.49. The molecule has 94 valence electrons. The van der Waals surface area contributed by atoms with Gasteiger partial charge >= 0.3 is 0 Å². The number of nitrogens with two attached hydrogens (primary N) is 1. The van der Waals surface area contributed by atoms with Crippen LogP contribution in [0.3, 0.4) is 0 Å². The lowest BCUT2D eigenvalue weighted by Gasteiger charge is -2.36. The summed E-state index contributed by atoms with van der Waals surface area (Å²) < 4.78 is 14.2. The summed E-state index contributed by atoms with van der Waals surface area (Å²) in [4.78, 5) is 2.19. The first-order valence-electron chi connectivity index (χ1n) is 5.62. The van der Waals surface area contributed by atoms with Crippen LogP contribution in [0.5, 0.6) is 0 Å². The molecule has 2 atom stereocenters. The van der Waals surface area contributed by atoms with E-state index in [4.69, 9.17) is 5.73 Å². The molecule has 0 spiro atoms. The van der Waals surface area contributed by atoms with Crippen molar-refractivity contribution in [3.05, 3.63) is 21.5 Å². The molecule has 2 unspecified atom stereocenters. The number of nitrogens with zero attached hydrogens (tertiary/aromatic N) is 1. The summed E-state index contributed by atoms with van der Waals surface area (Å²) in [5.41, 5.74) is 7.50. The third-order valence-electron chi connectivity index (χ3n) is 2.83. The summed E-state index contributed by atoms with van der Waals surface area (Å²) >= 11 is 3.94. The van der Waals surface area contributed by atoms with Gasteiger partial charge in [0, 0.05) is 29.7 Å². The molecule has 2 N–H and O–H groups in total. The van der Waals surface area contributed by atoms with E-state index in [1.807, 2.05) is 34.4 Å². The second-order valence-corrected chi connectivity index (χ2v) is 7.53. The normalized spacial score (nSPS) is 25.1. The van der Waals surface area contributed by atoms with Gasteiger partial charge in [-0.25, -0.2) is 4.39 Å². The van der Waals surface area contributed by atoms with Gasteiger partial charge in [0.05, 0.1) is 14.9 Å². The Kier molecular flexibility index (Phi) is 4.07. The molecule has 1 fully saturated rings. The van der Waals surface area contributed by atoms with Crippen molar-refractivity contribution in [2.45, 2.75) is 24.3 Å². The fourth-order valence-corrected chi connectivity index (χ4v) is 4.02. The van der Waals surface area contributed by atoms with Crippen molar-refractivity contribution in [2.75, 3.05) is 23.7 Å². The monoisotopic (exact) mass is 366 g/mol. The summed E-state index contributed by atoms with van der Waals surface area (Å²) in [5, 5.41) is 1.11. The minimum atomic E-state index is -0.187. The van der Waals surface area contributed by atoms with Gasteiger partial charge in [0.1, 0.15) is 5.82 Å². The summed E-state index contributed by atoms with van der Waals surface area (Å²) in [7, 11) is 0. The smallest absolute Gasteiger partial charge is 0.138 e. The predicted octanol–water partition coefficient (Wildman–Crippen LogP) is 3.34. The van der Waals surface area contributed by atoms with E-state index in [1.54, 1.807) is 12.1 Å². The Morgan fingerprint density at radius 1 is 1.35 bits per heavy atom. The zero-order valence-corrected chi connectivity index (χ0v) is 12.9. The quantitative estimate of drug-likeness (QED) is 0.611. The zero-order valence-electron chi connectivity index (χ0n) is 9.91. The highest BCUT2D eigenvalue weighted by Gasteiger charge is 2.24. The number of halogens is 2. The van der Waals surface area contributed by atoms with Crippen LogP contribution < -0.4 is 10.6 Å². The van der Waals surface area contributed by atoms with Crippen LogP contribution in [0.4, 0.5) is 15.8 Å². The van der Waals surface area contributed by atoms with Gasteiger partial charge in [0.15, 0.2) is 0 Å². The first-order valence-corrected chi connectivity index (χ1v) is 7.64. The maximum Gasteiger partial charge on any atom is 0.138 e. The molecule has 2 rings (SSSR count). The van der Waals surface area contributed by atoms with Crippen LogP contribution >= 0.6 is 34.4 Å². The van der Waals surface area contributed by atoms with E-state index in [0.29, 0.717) is 19.8 Å². The van der Waals surface area contributed by atoms with E-state index in [-0.39, 0.29) is 5.82 Å². The molecule has 1 saturated heterocycles. The van der Waals surface area contributed by atoms with Gasteiger partial charge in [-0.2, -0.15) is 11.8 Å². The lowest BCUT2D eigenvalue weighted by atomic mass is 10.2.